The molecule has 1 aromatic rings. The molecule has 0 aliphatic carbocycles. The van der Waals surface area contributed by atoms with Crippen molar-refractivity contribution < 1.29 is 14.3 Å². The van der Waals surface area contributed by atoms with Crippen molar-refractivity contribution in [3.05, 3.63) is 35.4 Å². The van der Waals surface area contributed by atoms with Gasteiger partial charge < -0.3 is 5.11 Å². The van der Waals surface area contributed by atoms with Crippen LogP contribution in [0.4, 0.5) is 4.39 Å². The van der Waals surface area contributed by atoms with Gasteiger partial charge in [0.2, 0.25) is 0 Å². The van der Waals surface area contributed by atoms with Gasteiger partial charge in [-0.2, -0.15) is 5.10 Å². The Hall–Kier alpha value is -1.91. The fraction of sp³-hybridized carbons (Fsp3) is 0.333. The number of carbonyl (C=O) groups is 1. The van der Waals surface area contributed by atoms with Crippen LogP contribution in [-0.4, -0.2) is 20.9 Å². The molecule has 0 atom stereocenters. The van der Waals surface area contributed by atoms with Crippen molar-refractivity contribution >= 4 is 12.2 Å². The van der Waals surface area contributed by atoms with Gasteiger partial charge in [-0.1, -0.05) is 20.3 Å². The third-order valence-electron chi connectivity index (χ3n) is 2.00. The molecule has 0 fully saturated rings. The lowest BCUT2D eigenvalue weighted by atomic mass is 10.1. The molecular formula is C12H15FN2O2. The summed E-state index contributed by atoms with van der Waals surface area (Å²) in [5.41, 5.74) is 0.423. The van der Waals surface area contributed by atoms with E-state index >= 15 is 0 Å². The Balaban J connectivity index is 0.000000437. The highest BCUT2D eigenvalue weighted by molar-refractivity contribution is 5.87. The summed E-state index contributed by atoms with van der Waals surface area (Å²) in [7, 11) is 0. The van der Waals surface area contributed by atoms with Crippen LogP contribution >= 0.6 is 0 Å². The van der Waals surface area contributed by atoms with Crippen molar-refractivity contribution in [3.63, 3.8) is 0 Å². The molecule has 1 aliphatic heterocycles. The van der Waals surface area contributed by atoms with Crippen LogP contribution in [0.15, 0.2) is 23.9 Å². The van der Waals surface area contributed by atoms with Crippen molar-refractivity contribution in [2.24, 2.45) is 0 Å². The van der Waals surface area contributed by atoms with Gasteiger partial charge in [0, 0.05) is 18.2 Å². The lowest BCUT2D eigenvalue weighted by Gasteiger charge is -2.00. The lowest BCUT2D eigenvalue weighted by Crippen LogP contribution is -2.06. The first-order chi connectivity index (χ1) is 8.10. The third-order valence-corrected chi connectivity index (χ3v) is 2.00. The number of allylic oxidation sites excluding steroid dienone is 2. The van der Waals surface area contributed by atoms with Gasteiger partial charge in [-0.25, -0.2) is 13.9 Å². The molecular weight excluding hydrogens is 223 g/mol. The van der Waals surface area contributed by atoms with Crippen molar-refractivity contribution in [1.82, 2.24) is 9.78 Å². The maximum absolute atomic E-state index is 13.1. The van der Waals surface area contributed by atoms with Gasteiger partial charge >= 0.3 is 5.97 Å². The maximum Gasteiger partial charge on any atom is 0.331 e. The maximum atomic E-state index is 13.1. The molecule has 0 aromatic carbocycles. The van der Waals surface area contributed by atoms with Crippen LogP contribution < -0.4 is 0 Å². The van der Waals surface area contributed by atoms with Crippen LogP contribution in [0.1, 0.15) is 26.0 Å². The fourth-order valence-electron chi connectivity index (χ4n) is 1.29. The highest BCUT2D eigenvalue weighted by Gasteiger charge is 2.16. The second-order valence-corrected chi connectivity index (χ2v) is 3.61. The van der Waals surface area contributed by atoms with E-state index in [2.05, 4.69) is 18.9 Å². The number of halogens is 1. The molecule has 0 bridgehead atoms. The summed E-state index contributed by atoms with van der Waals surface area (Å²) in [6.07, 6.45) is 6.87. The predicted octanol–water partition coefficient (Wildman–Crippen LogP) is 2.48. The summed E-state index contributed by atoms with van der Waals surface area (Å²) < 4.78 is 14.4. The molecule has 0 saturated carbocycles. The van der Waals surface area contributed by atoms with Gasteiger partial charge in [0.25, 0.3) is 0 Å². The van der Waals surface area contributed by atoms with Crippen molar-refractivity contribution in [2.75, 3.05) is 0 Å². The molecule has 0 spiro atoms. The zero-order valence-corrected chi connectivity index (χ0v) is 9.85. The van der Waals surface area contributed by atoms with Crippen molar-refractivity contribution in [2.45, 2.75) is 26.7 Å². The molecule has 1 aromatic heterocycles. The second-order valence-electron chi connectivity index (χ2n) is 3.61. The Kier molecular flexibility index (Phi) is 4.63. The molecule has 0 amide bonds. The second kappa shape index (κ2) is 5.98. The zero-order valence-electron chi connectivity index (χ0n) is 9.85. The van der Waals surface area contributed by atoms with E-state index in [0.717, 1.165) is 6.20 Å². The summed E-state index contributed by atoms with van der Waals surface area (Å²) in [4.78, 5) is 10.7. The van der Waals surface area contributed by atoms with Crippen LogP contribution in [0.2, 0.25) is 0 Å². The van der Waals surface area contributed by atoms with Crippen LogP contribution in [0.3, 0.4) is 0 Å². The Bertz CT molecular complexity index is 461. The smallest absolute Gasteiger partial charge is 0.331 e. The molecule has 5 heteroatoms. The number of aromatic nitrogens is 2. The minimum atomic E-state index is -1.04. The summed E-state index contributed by atoms with van der Waals surface area (Å²) in [5.74, 6) is -1.52. The fourth-order valence-corrected chi connectivity index (χ4v) is 1.29. The number of nitrogens with zero attached hydrogens (tertiary/aromatic N) is 2. The van der Waals surface area contributed by atoms with Gasteiger partial charge in [-0.15, -0.1) is 0 Å². The van der Waals surface area contributed by atoms with E-state index in [-0.39, 0.29) is 17.7 Å². The van der Waals surface area contributed by atoms with Crippen molar-refractivity contribution in [1.29, 1.82) is 0 Å². The Labute approximate surface area is 99.1 Å². The first-order valence-corrected chi connectivity index (χ1v) is 5.42. The summed E-state index contributed by atoms with van der Waals surface area (Å²) >= 11 is 0. The van der Waals surface area contributed by atoms with Gasteiger partial charge in [-0.3, -0.25) is 0 Å². The van der Waals surface area contributed by atoms with Gasteiger partial charge in [-0.05, 0) is 12.2 Å². The quantitative estimate of drug-likeness (QED) is 0.817. The van der Waals surface area contributed by atoms with E-state index in [4.69, 9.17) is 5.11 Å². The number of rotatable bonds is 1. The van der Waals surface area contributed by atoms with E-state index in [0.29, 0.717) is 0 Å². The Morgan fingerprint density at radius 3 is 2.82 bits per heavy atom. The summed E-state index contributed by atoms with van der Waals surface area (Å²) in [6, 6.07) is 0. The topological polar surface area (TPSA) is 55.1 Å². The predicted molar refractivity (Wildman–Crippen MR) is 62.9 cm³/mol. The van der Waals surface area contributed by atoms with E-state index in [9.17, 15) is 9.18 Å². The minimum absolute atomic E-state index is 0.0498. The largest absolute Gasteiger partial charge is 0.478 e. The molecule has 2 rings (SSSR count). The number of fused-ring (bicyclic) bond motifs is 1. The lowest BCUT2D eigenvalue weighted by molar-refractivity contribution is -0.132. The molecule has 1 N–H and O–H groups in total. The molecule has 92 valence electrons. The number of carboxylic acid groups (broad SMARTS) is 1. The van der Waals surface area contributed by atoms with Gasteiger partial charge in [0.15, 0.2) is 5.82 Å². The number of carboxylic acids is 1. The molecule has 0 radical (unpaired) electrons. The number of aliphatic carboxylic acids is 1. The highest BCUT2D eigenvalue weighted by Crippen LogP contribution is 2.15. The highest BCUT2D eigenvalue weighted by atomic mass is 19.1. The summed E-state index contributed by atoms with van der Waals surface area (Å²) in [6.45, 7) is 4.25. The average Bonchev–Trinajstić information content (AvgIpc) is 2.52. The molecule has 0 unspecified atom stereocenters. The first-order valence-electron chi connectivity index (χ1n) is 5.42. The minimum Gasteiger partial charge on any atom is -0.478 e. The standard InChI is InChI=1S/C9H7FN2O2.C3H8/c10-7-5-11-12-3-1-2-6(9(13)14)4-8(7)12;1-3-2/h1-3,5H,4H2,(H,13,14);3H2,1-2H3. The molecule has 1 aliphatic rings. The number of hydrogen-bond acceptors (Lipinski definition) is 2. The average molecular weight is 238 g/mol. The van der Waals surface area contributed by atoms with Crippen molar-refractivity contribution in [3.8, 4) is 0 Å². The van der Waals surface area contributed by atoms with E-state index < -0.39 is 11.8 Å². The van der Waals surface area contributed by atoms with Gasteiger partial charge in [0.05, 0.1) is 11.9 Å². The molecule has 0 saturated heterocycles. The Morgan fingerprint density at radius 2 is 2.24 bits per heavy atom. The van der Waals surface area contributed by atoms with Crippen LogP contribution in [0.5, 0.6) is 0 Å². The van der Waals surface area contributed by atoms with E-state index in [1.807, 2.05) is 0 Å². The SMILES string of the molecule is CCC.O=C(O)C1=CC=Cn2ncc(F)c2C1. The van der Waals surface area contributed by atoms with E-state index in [1.54, 1.807) is 0 Å². The number of hydrogen-bond donors (Lipinski definition) is 1. The zero-order chi connectivity index (χ0) is 12.8. The third kappa shape index (κ3) is 3.27. The summed E-state index contributed by atoms with van der Waals surface area (Å²) in [5, 5.41) is 12.5. The molecule has 4 nitrogen and oxygen atoms in total. The van der Waals surface area contributed by atoms with Crippen LogP contribution in [0, 0.1) is 5.82 Å². The first kappa shape index (κ1) is 13.2. The normalized spacial score (nSPS) is 13.0. The molecule has 2 heterocycles. The monoisotopic (exact) mass is 238 g/mol. The van der Waals surface area contributed by atoms with Gasteiger partial charge in [0.1, 0.15) is 0 Å². The van der Waals surface area contributed by atoms with Crippen LogP contribution in [-0.2, 0) is 11.2 Å². The molecule has 17 heavy (non-hydrogen) atoms. The Morgan fingerprint density at radius 1 is 1.59 bits per heavy atom. The van der Waals surface area contributed by atoms with E-state index in [1.165, 1.54) is 29.5 Å². The van der Waals surface area contributed by atoms with Crippen LogP contribution in [0.25, 0.3) is 6.20 Å².